The SMILES string of the molecule is CC(C)CNC(=O)c1ccc(NCC(=O)N(C)c2ccccc2)cc1Cl. The zero-order valence-electron chi connectivity index (χ0n) is 15.3. The number of benzene rings is 2. The molecule has 0 aromatic heterocycles. The quantitative estimate of drug-likeness (QED) is 0.776. The standard InChI is InChI=1S/C20H24ClN3O2/c1-14(2)12-23-20(26)17-10-9-15(11-18(17)21)22-13-19(25)24(3)16-7-5-4-6-8-16/h4-11,14,22H,12-13H2,1-3H3,(H,23,26). The maximum absolute atomic E-state index is 12.3. The van der Waals surface area contributed by atoms with Crippen molar-refractivity contribution in [3.05, 3.63) is 59.1 Å². The molecule has 0 aliphatic carbocycles. The molecular weight excluding hydrogens is 350 g/mol. The van der Waals surface area contributed by atoms with Gasteiger partial charge in [-0.1, -0.05) is 43.6 Å². The van der Waals surface area contributed by atoms with Crippen LogP contribution in [-0.2, 0) is 4.79 Å². The lowest BCUT2D eigenvalue weighted by Crippen LogP contribution is -2.32. The smallest absolute Gasteiger partial charge is 0.252 e. The molecule has 2 aromatic rings. The summed E-state index contributed by atoms with van der Waals surface area (Å²) in [6.45, 7) is 4.77. The van der Waals surface area contributed by atoms with E-state index in [9.17, 15) is 9.59 Å². The van der Waals surface area contributed by atoms with Gasteiger partial charge in [-0.25, -0.2) is 0 Å². The minimum absolute atomic E-state index is 0.0777. The Hall–Kier alpha value is -2.53. The minimum Gasteiger partial charge on any atom is -0.376 e. The van der Waals surface area contributed by atoms with Gasteiger partial charge in [-0.3, -0.25) is 9.59 Å². The minimum atomic E-state index is -0.199. The highest BCUT2D eigenvalue weighted by atomic mass is 35.5. The number of likely N-dealkylation sites (N-methyl/N-ethyl adjacent to an activating group) is 1. The van der Waals surface area contributed by atoms with Gasteiger partial charge < -0.3 is 15.5 Å². The molecule has 0 aliphatic rings. The number of hydrogen-bond donors (Lipinski definition) is 2. The average Bonchev–Trinajstić information content (AvgIpc) is 2.64. The fraction of sp³-hybridized carbons (Fsp3) is 0.300. The molecule has 0 fully saturated rings. The average molecular weight is 374 g/mol. The molecule has 0 atom stereocenters. The Bertz CT molecular complexity index is 763. The molecule has 2 rings (SSSR count). The summed E-state index contributed by atoms with van der Waals surface area (Å²) in [4.78, 5) is 26.0. The van der Waals surface area contributed by atoms with E-state index in [1.54, 1.807) is 30.1 Å². The predicted octanol–water partition coefficient (Wildman–Crippen LogP) is 3.80. The van der Waals surface area contributed by atoms with Crippen molar-refractivity contribution in [3.63, 3.8) is 0 Å². The van der Waals surface area contributed by atoms with Crippen LogP contribution in [0, 0.1) is 5.92 Å². The second-order valence-corrected chi connectivity index (χ2v) is 6.85. The van der Waals surface area contributed by atoms with Crippen LogP contribution >= 0.6 is 11.6 Å². The fourth-order valence-electron chi connectivity index (χ4n) is 2.29. The number of hydrogen-bond acceptors (Lipinski definition) is 3. The van der Waals surface area contributed by atoms with Crippen molar-refractivity contribution in [3.8, 4) is 0 Å². The number of halogens is 1. The van der Waals surface area contributed by atoms with Gasteiger partial charge in [0.25, 0.3) is 5.91 Å². The Morgan fingerprint density at radius 1 is 1.12 bits per heavy atom. The van der Waals surface area contributed by atoms with Crippen molar-refractivity contribution in [1.29, 1.82) is 0 Å². The van der Waals surface area contributed by atoms with E-state index in [0.29, 0.717) is 28.7 Å². The molecule has 0 radical (unpaired) electrons. The first-order chi connectivity index (χ1) is 12.4. The number of para-hydroxylation sites is 1. The van der Waals surface area contributed by atoms with Crippen LogP contribution in [0.4, 0.5) is 11.4 Å². The Morgan fingerprint density at radius 2 is 1.81 bits per heavy atom. The number of nitrogens with zero attached hydrogens (tertiary/aromatic N) is 1. The van der Waals surface area contributed by atoms with E-state index in [0.717, 1.165) is 5.69 Å². The van der Waals surface area contributed by atoms with E-state index in [4.69, 9.17) is 11.6 Å². The molecule has 0 saturated carbocycles. The van der Waals surface area contributed by atoms with E-state index in [1.807, 2.05) is 44.2 Å². The summed E-state index contributed by atoms with van der Waals surface area (Å²) in [6, 6.07) is 14.5. The molecule has 26 heavy (non-hydrogen) atoms. The van der Waals surface area contributed by atoms with E-state index in [-0.39, 0.29) is 18.4 Å². The molecule has 2 N–H and O–H groups in total. The van der Waals surface area contributed by atoms with E-state index in [1.165, 1.54) is 0 Å². The fourth-order valence-corrected chi connectivity index (χ4v) is 2.56. The molecule has 138 valence electrons. The number of amides is 2. The number of anilines is 2. The summed E-state index contributed by atoms with van der Waals surface area (Å²) in [5.41, 5.74) is 1.94. The summed E-state index contributed by atoms with van der Waals surface area (Å²) in [5.74, 6) is 0.0903. The second-order valence-electron chi connectivity index (χ2n) is 6.44. The highest BCUT2D eigenvalue weighted by Gasteiger charge is 2.13. The van der Waals surface area contributed by atoms with Crippen LogP contribution in [0.2, 0.25) is 5.02 Å². The molecular formula is C20H24ClN3O2. The monoisotopic (exact) mass is 373 g/mol. The van der Waals surface area contributed by atoms with Gasteiger partial charge in [-0.15, -0.1) is 0 Å². The first-order valence-electron chi connectivity index (χ1n) is 8.51. The van der Waals surface area contributed by atoms with Gasteiger partial charge in [0, 0.05) is 25.0 Å². The van der Waals surface area contributed by atoms with Gasteiger partial charge in [-0.05, 0) is 36.2 Å². The lowest BCUT2D eigenvalue weighted by atomic mass is 10.1. The van der Waals surface area contributed by atoms with E-state index < -0.39 is 0 Å². The highest BCUT2D eigenvalue weighted by Crippen LogP contribution is 2.21. The highest BCUT2D eigenvalue weighted by molar-refractivity contribution is 6.34. The zero-order chi connectivity index (χ0) is 19.1. The molecule has 0 unspecified atom stereocenters. The Balaban J connectivity index is 1.95. The van der Waals surface area contributed by atoms with Crippen LogP contribution in [0.5, 0.6) is 0 Å². The molecule has 2 aromatic carbocycles. The summed E-state index contributed by atoms with van der Waals surface area (Å²) in [7, 11) is 1.73. The van der Waals surface area contributed by atoms with Crippen LogP contribution in [0.15, 0.2) is 48.5 Å². The van der Waals surface area contributed by atoms with Crippen LogP contribution in [-0.4, -0.2) is 32.0 Å². The van der Waals surface area contributed by atoms with Crippen molar-refractivity contribution >= 4 is 34.8 Å². The lowest BCUT2D eigenvalue weighted by Gasteiger charge is -2.18. The van der Waals surface area contributed by atoms with E-state index >= 15 is 0 Å². The number of carbonyl (C=O) groups excluding carboxylic acids is 2. The molecule has 6 heteroatoms. The summed E-state index contributed by atoms with van der Waals surface area (Å²) in [5, 5.41) is 6.23. The van der Waals surface area contributed by atoms with Crippen molar-refractivity contribution in [2.75, 3.05) is 30.4 Å². The molecule has 0 heterocycles. The van der Waals surface area contributed by atoms with Crippen LogP contribution < -0.4 is 15.5 Å². The molecule has 2 amide bonds. The maximum Gasteiger partial charge on any atom is 0.252 e. The largest absolute Gasteiger partial charge is 0.376 e. The van der Waals surface area contributed by atoms with Gasteiger partial charge in [0.15, 0.2) is 0 Å². The third kappa shape index (κ3) is 5.49. The van der Waals surface area contributed by atoms with Crippen molar-refractivity contribution in [2.45, 2.75) is 13.8 Å². The topological polar surface area (TPSA) is 61.4 Å². The number of nitrogens with one attached hydrogen (secondary N) is 2. The van der Waals surface area contributed by atoms with Gasteiger partial charge in [0.2, 0.25) is 5.91 Å². The van der Waals surface area contributed by atoms with Crippen LogP contribution in [0.1, 0.15) is 24.2 Å². The third-order valence-electron chi connectivity index (χ3n) is 3.85. The lowest BCUT2D eigenvalue weighted by molar-refractivity contribution is -0.116. The molecule has 0 saturated heterocycles. The van der Waals surface area contributed by atoms with Crippen molar-refractivity contribution in [2.24, 2.45) is 5.92 Å². The van der Waals surface area contributed by atoms with Crippen molar-refractivity contribution < 1.29 is 9.59 Å². The first-order valence-corrected chi connectivity index (χ1v) is 8.89. The molecule has 0 aliphatic heterocycles. The molecule has 0 bridgehead atoms. The predicted molar refractivity (Wildman–Crippen MR) is 107 cm³/mol. The van der Waals surface area contributed by atoms with Gasteiger partial charge in [0.05, 0.1) is 17.1 Å². The number of rotatable bonds is 7. The second kappa shape index (κ2) is 9.25. The normalized spacial score (nSPS) is 10.5. The third-order valence-corrected chi connectivity index (χ3v) is 4.16. The maximum atomic E-state index is 12.3. The summed E-state index contributed by atoms with van der Waals surface area (Å²) in [6.07, 6.45) is 0. The van der Waals surface area contributed by atoms with E-state index in [2.05, 4.69) is 10.6 Å². The van der Waals surface area contributed by atoms with Crippen molar-refractivity contribution in [1.82, 2.24) is 5.32 Å². The van der Waals surface area contributed by atoms with Crippen LogP contribution in [0.3, 0.4) is 0 Å². The number of carbonyl (C=O) groups is 2. The molecule has 5 nitrogen and oxygen atoms in total. The molecule has 0 spiro atoms. The summed E-state index contributed by atoms with van der Waals surface area (Å²) >= 11 is 6.22. The first kappa shape index (κ1) is 19.8. The Kier molecular flexibility index (Phi) is 7.04. The van der Waals surface area contributed by atoms with Gasteiger partial charge in [-0.2, -0.15) is 0 Å². The Labute approximate surface area is 159 Å². The van der Waals surface area contributed by atoms with Gasteiger partial charge in [0.1, 0.15) is 0 Å². The zero-order valence-corrected chi connectivity index (χ0v) is 16.0. The van der Waals surface area contributed by atoms with Crippen LogP contribution in [0.25, 0.3) is 0 Å². The summed E-state index contributed by atoms with van der Waals surface area (Å²) < 4.78 is 0. The van der Waals surface area contributed by atoms with Gasteiger partial charge >= 0.3 is 0 Å². The Morgan fingerprint density at radius 3 is 2.42 bits per heavy atom.